The molecule has 2 aromatic rings. The van der Waals surface area contributed by atoms with Crippen molar-refractivity contribution in [1.29, 1.82) is 0 Å². The number of rotatable bonds is 5. The van der Waals surface area contributed by atoms with Crippen LogP contribution in [0.2, 0.25) is 0 Å². The van der Waals surface area contributed by atoms with E-state index in [2.05, 4.69) is 0 Å². The second-order valence-corrected chi connectivity index (χ2v) is 3.92. The number of benzene rings is 2. The predicted octanol–water partition coefficient (Wildman–Crippen LogP) is 3.20. The number of hydrogen-bond acceptors (Lipinski definition) is 1. The van der Waals surface area contributed by atoms with E-state index in [4.69, 9.17) is 4.74 Å². The molecule has 2 nitrogen and oxygen atoms in total. The highest BCUT2D eigenvalue weighted by molar-refractivity contribution is 5.15. The Hall–Kier alpha value is -1.64. The average Bonchev–Trinajstić information content (AvgIpc) is 2.39. The van der Waals surface area contributed by atoms with Crippen molar-refractivity contribution in [3.8, 4) is 0 Å². The van der Waals surface area contributed by atoms with E-state index in [1.807, 2.05) is 60.7 Å². The van der Waals surface area contributed by atoms with Crippen molar-refractivity contribution in [2.75, 3.05) is 0 Å². The van der Waals surface area contributed by atoms with Gasteiger partial charge in [-0.25, -0.2) is 5.11 Å². The molecule has 0 aliphatic rings. The van der Waals surface area contributed by atoms with Crippen LogP contribution in [0.3, 0.4) is 0 Å². The van der Waals surface area contributed by atoms with Crippen molar-refractivity contribution in [2.45, 2.75) is 19.3 Å². The molecule has 0 N–H and O–H groups in total. The molecule has 0 amide bonds. The molecule has 1 radical (unpaired) electrons. The molecule has 1 atom stereocenters. The highest BCUT2D eigenvalue weighted by Crippen LogP contribution is 2.07. The Labute approximate surface area is 101 Å². The van der Waals surface area contributed by atoms with Crippen LogP contribution >= 0.6 is 0 Å². The van der Waals surface area contributed by atoms with Crippen LogP contribution in [0.5, 0.6) is 0 Å². The highest BCUT2D eigenvalue weighted by atomic mass is 16.6. The molecule has 87 valence electrons. The Kier molecular flexibility index (Phi) is 4.30. The fraction of sp³-hybridized carbons (Fsp3) is 0.200. The van der Waals surface area contributed by atoms with E-state index < -0.39 is 6.29 Å². The zero-order chi connectivity index (χ0) is 11.9. The van der Waals surface area contributed by atoms with E-state index in [9.17, 15) is 5.11 Å². The summed E-state index contributed by atoms with van der Waals surface area (Å²) in [6, 6.07) is 19.4. The van der Waals surface area contributed by atoms with Gasteiger partial charge in [0.15, 0.2) is 6.29 Å². The van der Waals surface area contributed by atoms with Crippen molar-refractivity contribution in [3.63, 3.8) is 0 Å². The molecule has 0 heterocycles. The molecule has 2 heteroatoms. The van der Waals surface area contributed by atoms with Crippen molar-refractivity contribution in [2.24, 2.45) is 0 Å². The molecule has 0 aromatic heterocycles. The molecule has 17 heavy (non-hydrogen) atoms. The Morgan fingerprint density at radius 2 is 1.35 bits per heavy atom. The molecule has 2 aromatic carbocycles. The van der Waals surface area contributed by atoms with Crippen LogP contribution in [-0.4, -0.2) is 6.29 Å². The first-order valence-electron chi connectivity index (χ1n) is 5.70. The summed E-state index contributed by atoms with van der Waals surface area (Å²) in [5, 5.41) is 11.6. The molecule has 0 fully saturated rings. The summed E-state index contributed by atoms with van der Waals surface area (Å²) < 4.78 is 5.28. The van der Waals surface area contributed by atoms with Gasteiger partial charge in [0, 0.05) is 6.42 Å². The van der Waals surface area contributed by atoms with Crippen LogP contribution in [-0.2, 0) is 22.9 Å². The summed E-state index contributed by atoms with van der Waals surface area (Å²) in [6.45, 7) is 0.377. The standard InChI is InChI=1S/C15H15O2/c16-15(11-13-7-3-1-4-8-13)17-12-14-9-5-2-6-10-14/h1-10,15H,11-12H2. The van der Waals surface area contributed by atoms with E-state index in [-0.39, 0.29) is 0 Å². The van der Waals surface area contributed by atoms with Crippen LogP contribution in [0.25, 0.3) is 0 Å². The molecule has 0 spiro atoms. The fourth-order valence-electron chi connectivity index (χ4n) is 1.63. The van der Waals surface area contributed by atoms with Gasteiger partial charge in [-0.2, -0.15) is 0 Å². The Morgan fingerprint density at radius 1 is 0.824 bits per heavy atom. The molecule has 0 bridgehead atoms. The molecule has 0 aliphatic heterocycles. The monoisotopic (exact) mass is 227 g/mol. The smallest absolute Gasteiger partial charge is 0.195 e. The first kappa shape index (κ1) is 11.8. The minimum Gasteiger partial charge on any atom is -0.345 e. The van der Waals surface area contributed by atoms with Crippen LogP contribution < -0.4 is 0 Å². The first-order valence-corrected chi connectivity index (χ1v) is 5.70. The van der Waals surface area contributed by atoms with Gasteiger partial charge in [-0.3, -0.25) is 0 Å². The van der Waals surface area contributed by atoms with Crippen molar-refractivity contribution in [3.05, 3.63) is 71.8 Å². The largest absolute Gasteiger partial charge is 0.345 e. The molecule has 1 unspecified atom stereocenters. The lowest BCUT2D eigenvalue weighted by Crippen LogP contribution is -2.13. The van der Waals surface area contributed by atoms with Gasteiger partial charge >= 0.3 is 0 Å². The third-order valence-corrected chi connectivity index (χ3v) is 2.52. The van der Waals surface area contributed by atoms with E-state index in [0.29, 0.717) is 13.0 Å². The maximum absolute atomic E-state index is 11.6. The summed E-state index contributed by atoms with van der Waals surface area (Å²) in [5.74, 6) is 0. The Balaban J connectivity index is 1.80. The minimum absolute atomic E-state index is 0.377. The van der Waals surface area contributed by atoms with E-state index in [1.54, 1.807) is 0 Å². The second-order valence-electron chi connectivity index (χ2n) is 3.92. The van der Waals surface area contributed by atoms with Crippen molar-refractivity contribution >= 4 is 0 Å². The average molecular weight is 227 g/mol. The number of hydrogen-bond donors (Lipinski definition) is 0. The van der Waals surface area contributed by atoms with Gasteiger partial charge in [-0.1, -0.05) is 60.7 Å². The molecule has 2 rings (SSSR count). The van der Waals surface area contributed by atoms with Crippen LogP contribution in [0.15, 0.2) is 60.7 Å². The van der Waals surface area contributed by atoms with Gasteiger partial charge in [0.25, 0.3) is 0 Å². The third-order valence-electron chi connectivity index (χ3n) is 2.52. The zero-order valence-corrected chi connectivity index (χ0v) is 9.58. The predicted molar refractivity (Wildman–Crippen MR) is 65.9 cm³/mol. The summed E-state index contributed by atoms with van der Waals surface area (Å²) in [7, 11) is 0. The normalized spacial score (nSPS) is 12.3. The van der Waals surface area contributed by atoms with Gasteiger partial charge in [0.2, 0.25) is 0 Å². The molecule has 0 saturated heterocycles. The summed E-state index contributed by atoms with van der Waals surface area (Å²) in [4.78, 5) is 0. The highest BCUT2D eigenvalue weighted by Gasteiger charge is 2.07. The van der Waals surface area contributed by atoms with E-state index in [0.717, 1.165) is 11.1 Å². The van der Waals surface area contributed by atoms with Crippen LogP contribution in [0, 0.1) is 0 Å². The SMILES string of the molecule is [O]C(Cc1ccccc1)OCc1ccccc1. The van der Waals surface area contributed by atoms with Crippen LogP contribution in [0.1, 0.15) is 11.1 Å². The Bertz CT molecular complexity index is 425. The van der Waals surface area contributed by atoms with Gasteiger partial charge in [0.1, 0.15) is 0 Å². The fourth-order valence-corrected chi connectivity index (χ4v) is 1.63. The van der Waals surface area contributed by atoms with Gasteiger partial charge in [-0.05, 0) is 11.1 Å². The lowest BCUT2D eigenvalue weighted by atomic mass is 10.1. The quantitative estimate of drug-likeness (QED) is 0.721. The maximum Gasteiger partial charge on any atom is 0.195 e. The minimum atomic E-state index is -1.00. The van der Waals surface area contributed by atoms with Gasteiger partial charge in [-0.15, -0.1) is 0 Å². The second kappa shape index (κ2) is 6.18. The van der Waals surface area contributed by atoms with Crippen molar-refractivity contribution < 1.29 is 9.84 Å². The lowest BCUT2D eigenvalue weighted by molar-refractivity contribution is -0.145. The first-order chi connectivity index (χ1) is 8.34. The maximum atomic E-state index is 11.6. The topological polar surface area (TPSA) is 29.1 Å². The van der Waals surface area contributed by atoms with E-state index >= 15 is 0 Å². The Morgan fingerprint density at radius 3 is 1.94 bits per heavy atom. The van der Waals surface area contributed by atoms with Gasteiger partial charge in [0.05, 0.1) is 6.61 Å². The summed E-state index contributed by atoms with van der Waals surface area (Å²) in [6.07, 6.45) is -0.592. The van der Waals surface area contributed by atoms with Crippen molar-refractivity contribution in [1.82, 2.24) is 0 Å². The zero-order valence-electron chi connectivity index (χ0n) is 9.58. The van der Waals surface area contributed by atoms with Gasteiger partial charge < -0.3 is 4.74 Å². The third kappa shape index (κ3) is 4.02. The van der Waals surface area contributed by atoms with E-state index in [1.165, 1.54) is 0 Å². The number of ether oxygens (including phenoxy) is 1. The summed E-state index contributed by atoms with van der Waals surface area (Å²) >= 11 is 0. The summed E-state index contributed by atoms with van der Waals surface area (Å²) in [5.41, 5.74) is 2.04. The molecule has 0 aliphatic carbocycles. The van der Waals surface area contributed by atoms with Crippen LogP contribution in [0.4, 0.5) is 0 Å². The molecular formula is C15H15O2. The molecule has 0 saturated carbocycles. The lowest BCUT2D eigenvalue weighted by Gasteiger charge is -2.10. The molecular weight excluding hydrogens is 212 g/mol.